The number of benzene rings is 2. The van der Waals surface area contributed by atoms with Crippen molar-refractivity contribution in [2.24, 2.45) is 0 Å². The van der Waals surface area contributed by atoms with Gasteiger partial charge in [-0.1, -0.05) is 15.9 Å². The average Bonchev–Trinajstić information content (AvgIpc) is 2.66. The van der Waals surface area contributed by atoms with Crippen LogP contribution in [0.15, 0.2) is 59.2 Å². The van der Waals surface area contributed by atoms with Crippen molar-refractivity contribution in [3.63, 3.8) is 0 Å². The largest absolute Gasteiger partial charge is 0.496 e. The van der Waals surface area contributed by atoms with Gasteiger partial charge in [0.15, 0.2) is 0 Å². The van der Waals surface area contributed by atoms with Crippen LogP contribution in [-0.2, 0) is 4.79 Å². The van der Waals surface area contributed by atoms with E-state index in [0.29, 0.717) is 21.5 Å². The van der Waals surface area contributed by atoms with Gasteiger partial charge in [0.05, 0.1) is 13.0 Å². The van der Waals surface area contributed by atoms with Gasteiger partial charge in [-0.3, -0.25) is 9.78 Å². The molecule has 1 aromatic heterocycles. The van der Waals surface area contributed by atoms with E-state index in [-0.39, 0.29) is 11.7 Å². The van der Waals surface area contributed by atoms with Crippen molar-refractivity contribution in [1.82, 2.24) is 4.98 Å². The van der Waals surface area contributed by atoms with Gasteiger partial charge in [0.25, 0.3) is 0 Å². The topological polar surface area (TPSA) is 51.2 Å². The van der Waals surface area contributed by atoms with Gasteiger partial charge in [-0.15, -0.1) is 0 Å². The molecule has 0 aliphatic rings. The minimum atomic E-state index is -0.513. The minimum Gasteiger partial charge on any atom is -0.496 e. The fraction of sp³-hybridized carbons (Fsp3) is 0.182. The van der Waals surface area contributed by atoms with Gasteiger partial charge < -0.3 is 10.1 Å². The number of carbonyl (C=O) groups excluding carboxylic acids is 1. The summed E-state index contributed by atoms with van der Waals surface area (Å²) in [5.74, 6) is -0.486. The number of nitrogens with zero attached hydrogens (tertiary/aromatic N) is 1. The Hall–Kier alpha value is -2.73. The van der Waals surface area contributed by atoms with Crippen LogP contribution >= 0.6 is 15.9 Å². The zero-order valence-electron chi connectivity index (χ0n) is 15.8. The van der Waals surface area contributed by atoms with Crippen LogP contribution in [-0.4, -0.2) is 18.0 Å². The SMILES string of the molecule is COc1cc(NC(=O)[C@@H](C)c2cc(F)cc(Br)c2)ccc1-c1ccnc(C)c1. The molecule has 3 aromatic rings. The van der Waals surface area contributed by atoms with Crippen LogP contribution in [0, 0.1) is 12.7 Å². The first-order valence-corrected chi connectivity index (χ1v) is 9.54. The van der Waals surface area contributed by atoms with Crippen LogP contribution in [0.5, 0.6) is 5.75 Å². The Morgan fingerprint density at radius 2 is 1.96 bits per heavy atom. The number of rotatable bonds is 5. The van der Waals surface area contributed by atoms with Crippen LogP contribution in [0.2, 0.25) is 0 Å². The summed E-state index contributed by atoms with van der Waals surface area (Å²) in [6.45, 7) is 3.67. The Morgan fingerprint density at radius 3 is 2.64 bits per heavy atom. The fourth-order valence-corrected chi connectivity index (χ4v) is 3.43. The number of carbonyl (C=O) groups is 1. The number of aryl methyl sites for hydroxylation is 1. The molecular weight excluding hydrogens is 423 g/mol. The normalized spacial score (nSPS) is 11.8. The predicted octanol–water partition coefficient (Wildman–Crippen LogP) is 5.71. The van der Waals surface area contributed by atoms with Crippen LogP contribution in [0.1, 0.15) is 24.1 Å². The second-order valence-corrected chi connectivity index (χ2v) is 7.43. The minimum absolute atomic E-state index is 0.230. The van der Waals surface area contributed by atoms with E-state index in [9.17, 15) is 9.18 Å². The number of hydrogen-bond acceptors (Lipinski definition) is 3. The second kappa shape index (κ2) is 8.52. The molecule has 3 rings (SSSR count). The molecule has 4 nitrogen and oxygen atoms in total. The molecule has 0 aliphatic carbocycles. The van der Waals surface area contributed by atoms with E-state index in [1.807, 2.05) is 31.2 Å². The number of ether oxygens (including phenoxy) is 1. The molecule has 0 saturated heterocycles. The molecule has 1 amide bonds. The summed E-state index contributed by atoms with van der Waals surface area (Å²) in [5.41, 5.74) is 4.01. The third kappa shape index (κ3) is 4.57. The first-order chi connectivity index (χ1) is 13.4. The van der Waals surface area contributed by atoms with Crippen LogP contribution in [0.3, 0.4) is 0 Å². The van der Waals surface area contributed by atoms with Crippen LogP contribution < -0.4 is 10.1 Å². The van der Waals surface area contributed by atoms with Crippen molar-refractivity contribution in [3.8, 4) is 16.9 Å². The van der Waals surface area contributed by atoms with Gasteiger partial charge >= 0.3 is 0 Å². The molecule has 0 aliphatic heterocycles. The standard InChI is InChI=1S/C22H20BrFN2O2/c1-13-8-15(6-7-25-13)20-5-4-19(12-21(20)28-3)26-22(27)14(2)16-9-17(23)11-18(24)10-16/h4-12,14H,1-3H3,(H,26,27)/t14-/m0/s1. The van der Waals surface area contributed by atoms with Gasteiger partial charge in [0.2, 0.25) is 5.91 Å². The molecule has 0 unspecified atom stereocenters. The lowest BCUT2D eigenvalue weighted by molar-refractivity contribution is -0.117. The fourth-order valence-electron chi connectivity index (χ4n) is 2.95. The van der Waals surface area contributed by atoms with Gasteiger partial charge in [0.1, 0.15) is 11.6 Å². The molecule has 0 radical (unpaired) electrons. The number of amides is 1. The van der Waals surface area contributed by atoms with Gasteiger partial charge in [-0.25, -0.2) is 4.39 Å². The van der Waals surface area contributed by atoms with E-state index < -0.39 is 5.92 Å². The summed E-state index contributed by atoms with van der Waals surface area (Å²) in [7, 11) is 1.59. The summed E-state index contributed by atoms with van der Waals surface area (Å²) in [6.07, 6.45) is 1.75. The molecule has 144 valence electrons. The van der Waals surface area contributed by atoms with E-state index in [1.165, 1.54) is 12.1 Å². The third-order valence-electron chi connectivity index (χ3n) is 4.45. The Labute approximate surface area is 171 Å². The van der Waals surface area contributed by atoms with E-state index in [0.717, 1.165) is 16.8 Å². The molecular formula is C22H20BrFN2O2. The molecule has 28 heavy (non-hydrogen) atoms. The second-order valence-electron chi connectivity index (χ2n) is 6.51. The molecule has 1 heterocycles. The summed E-state index contributed by atoms with van der Waals surface area (Å²) >= 11 is 3.26. The van der Waals surface area contributed by atoms with Gasteiger partial charge in [0, 0.05) is 33.7 Å². The van der Waals surface area contributed by atoms with Crippen molar-refractivity contribution in [2.45, 2.75) is 19.8 Å². The molecule has 6 heteroatoms. The van der Waals surface area contributed by atoms with Crippen molar-refractivity contribution in [3.05, 3.63) is 76.3 Å². The molecule has 0 saturated carbocycles. The first-order valence-electron chi connectivity index (χ1n) is 8.75. The summed E-state index contributed by atoms with van der Waals surface area (Å²) < 4.78 is 19.7. The molecule has 0 fully saturated rings. The highest BCUT2D eigenvalue weighted by Crippen LogP contribution is 2.33. The number of halogens is 2. The Bertz CT molecular complexity index is 1000. The maximum atomic E-state index is 13.6. The highest BCUT2D eigenvalue weighted by Gasteiger charge is 2.18. The van der Waals surface area contributed by atoms with E-state index >= 15 is 0 Å². The molecule has 1 atom stereocenters. The summed E-state index contributed by atoms with van der Waals surface area (Å²) in [6, 6.07) is 13.8. The number of anilines is 1. The number of hydrogen-bond donors (Lipinski definition) is 1. The number of pyridine rings is 1. The predicted molar refractivity (Wildman–Crippen MR) is 112 cm³/mol. The van der Waals surface area contributed by atoms with Crippen LogP contribution in [0.25, 0.3) is 11.1 Å². The van der Waals surface area contributed by atoms with Crippen molar-refractivity contribution < 1.29 is 13.9 Å². The quantitative estimate of drug-likeness (QED) is 0.550. The zero-order chi connectivity index (χ0) is 20.3. The smallest absolute Gasteiger partial charge is 0.231 e. The van der Waals surface area contributed by atoms with Crippen molar-refractivity contribution >= 4 is 27.5 Å². The van der Waals surface area contributed by atoms with Gasteiger partial charge in [-0.2, -0.15) is 0 Å². The number of methoxy groups -OCH3 is 1. The van der Waals surface area contributed by atoms with E-state index in [1.54, 1.807) is 32.4 Å². The third-order valence-corrected chi connectivity index (χ3v) is 4.91. The lowest BCUT2D eigenvalue weighted by Gasteiger charge is -2.15. The maximum Gasteiger partial charge on any atom is 0.231 e. The van der Waals surface area contributed by atoms with E-state index in [4.69, 9.17) is 4.74 Å². The molecule has 0 spiro atoms. The molecule has 0 bridgehead atoms. The van der Waals surface area contributed by atoms with Crippen LogP contribution in [0.4, 0.5) is 10.1 Å². The first kappa shape index (κ1) is 20.0. The number of aromatic nitrogens is 1. The number of nitrogens with one attached hydrogen (secondary N) is 1. The van der Waals surface area contributed by atoms with Crippen molar-refractivity contribution in [2.75, 3.05) is 12.4 Å². The average molecular weight is 443 g/mol. The van der Waals surface area contributed by atoms with Gasteiger partial charge in [-0.05, 0) is 67.4 Å². The maximum absolute atomic E-state index is 13.6. The highest BCUT2D eigenvalue weighted by atomic mass is 79.9. The zero-order valence-corrected chi connectivity index (χ0v) is 17.4. The summed E-state index contributed by atoms with van der Waals surface area (Å²) in [5, 5.41) is 2.87. The Balaban J connectivity index is 1.83. The monoisotopic (exact) mass is 442 g/mol. The lowest BCUT2D eigenvalue weighted by atomic mass is 10.00. The lowest BCUT2D eigenvalue weighted by Crippen LogP contribution is -2.19. The summed E-state index contributed by atoms with van der Waals surface area (Å²) in [4.78, 5) is 16.8. The Morgan fingerprint density at radius 1 is 1.18 bits per heavy atom. The molecule has 1 N–H and O–H groups in total. The highest BCUT2D eigenvalue weighted by molar-refractivity contribution is 9.10. The van der Waals surface area contributed by atoms with E-state index in [2.05, 4.69) is 26.2 Å². The molecule has 2 aromatic carbocycles. The Kier molecular flexibility index (Phi) is 6.09. The van der Waals surface area contributed by atoms with Crippen molar-refractivity contribution in [1.29, 1.82) is 0 Å².